The number of nitrogens with one attached hydrogen (secondary N) is 2. The molecule has 0 unspecified atom stereocenters. The van der Waals surface area contributed by atoms with Gasteiger partial charge < -0.3 is 5.32 Å². The summed E-state index contributed by atoms with van der Waals surface area (Å²) < 4.78 is 54.8. The Bertz CT molecular complexity index is 1160. The molecule has 0 aliphatic heterocycles. The number of hydrogen-bond acceptors (Lipinski definition) is 6. The van der Waals surface area contributed by atoms with E-state index in [0.717, 1.165) is 4.90 Å². The van der Waals surface area contributed by atoms with Crippen molar-refractivity contribution in [3.63, 3.8) is 0 Å². The molecule has 0 aromatic heterocycles. The summed E-state index contributed by atoms with van der Waals surface area (Å²) in [5.41, 5.74) is 0.643. The topological polar surface area (TPSA) is 113 Å². The molecule has 2 N–H and O–H groups in total. The Morgan fingerprint density at radius 3 is 2.03 bits per heavy atom. The third-order valence-corrected chi connectivity index (χ3v) is 8.95. The van der Waals surface area contributed by atoms with Gasteiger partial charge in [0.05, 0.1) is 15.5 Å². The minimum atomic E-state index is -3.96. The van der Waals surface area contributed by atoms with Crippen LogP contribution < -0.4 is 10.0 Å². The van der Waals surface area contributed by atoms with Crippen molar-refractivity contribution in [3.05, 3.63) is 42.5 Å². The van der Waals surface area contributed by atoms with Crippen LogP contribution in [0.3, 0.4) is 0 Å². The van der Waals surface area contributed by atoms with Gasteiger partial charge in [-0.2, -0.15) is 4.31 Å². The number of amides is 1. The molecule has 1 amide bonds. The zero-order chi connectivity index (χ0) is 24.1. The standard InChI is InChI=1S/C21H29N3O5S3/c1-6-24(7-2)32(28,29)17-10-8-16(9-11-17)23-31(26,27)18-12-13-20(30-5)19(14-18)22-21(25)15(3)4/h8-15,23H,6-7H2,1-5H3,(H,22,25). The maximum absolute atomic E-state index is 12.9. The highest BCUT2D eigenvalue weighted by molar-refractivity contribution is 7.98. The van der Waals surface area contributed by atoms with E-state index >= 15 is 0 Å². The van der Waals surface area contributed by atoms with Crippen LogP contribution in [0.4, 0.5) is 11.4 Å². The first-order valence-electron chi connectivity index (χ1n) is 10.1. The van der Waals surface area contributed by atoms with Crippen LogP contribution in [0.2, 0.25) is 0 Å². The summed E-state index contributed by atoms with van der Waals surface area (Å²) >= 11 is 1.39. The van der Waals surface area contributed by atoms with Gasteiger partial charge in [0, 0.05) is 29.6 Å². The van der Waals surface area contributed by atoms with Crippen LogP contribution in [0.5, 0.6) is 0 Å². The van der Waals surface area contributed by atoms with Crippen molar-refractivity contribution in [3.8, 4) is 0 Å². The normalized spacial score (nSPS) is 12.2. The Labute approximate surface area is 194 Å². The lowest BCUT2D eigenvalue weighted by molar-refractivity contribution is -0.118. The van der Waals surface area contributed by atoms with Crippen LogP contribution in [0.25, 0.3) is 0 Å². The summed E-state index contributed by atoms with van der Waals surface area (Å²) in [4.78, 5) is 12.9. The minimum absolute atomic E-state index is 0.0193. The number of anilines is 2. The van der Waals surface area contributed by atoms with Gasteiger partial charge in [0.15, 0.2) is 0 Å². The molecule has 2 aromatic rings. The lowest BCUT2D eigenvalue weighted by Gasteiger charge is -2.18. The molecule has 0 spiro atoms. The van der Waals surface area contributed by atoms with Gasteiger partial charge >= 0.3 is 0 Å². The van der Waals surface area contributed by atoms with Crippen LogP contribution in [0, 0.1) is 5.92 Å². The summed E-state index contributed by atoms with van der Waals surface area (Å²) in [5.74, 6) is -0.470. The second kappa shape index (κ2) is 10.7. The Hall–Kier alpha value is -2.08. The molecule has 2 rings (SSSR count). The molecule has 0 saturated heterocycles. The van der Waals surface area contributed by atoms with E-state index in [9.17, 15) is 21.6 Å². The van der Waals surface area contributed by atoms with Crippen molar-refractivity contribution in [2.45, 2.75) is 42.4 Å². The van der Waals surface area contributed by atoms with Crippen molar-refractivity contribution in [2.24, 2.45) is 5.92 Å². The summed E-state index contributed by atoms with van der Waals surface area (Å²) in [7, 11) is -7.59. The number of rotatable bonds is 10. The Morgan fingerprint density at radius 1 is 0.969 bits per heavy atom. The zero-order valence-electron chi connectivity index (χ0n) is 18.7. The molecule has 2 aromatic carbocycles. The third-order valence-electron chi connectivity index (χ3n) is 4.71. The molecule has 0 fully saturated rings. The van der Waals surface area contributed by atoms with Gasteiger partial charge in [-0.05, 0) is 48.7 Å². The van der Waals surface area contributed by atoms with Gasteiger partial charge in [0.25, 0.3) is 10.0 Å². The summed E-state index contributed by atoms with van der Waals surface area (Å²) in [6.45, 7) is 7.69. The first kappa shape index (κ1) is 26.2. The highest BCUT2D eigenvalue weighted by Crippen LogP contribution is 2.29. The number of benzene rings is 2. The smallest absolute Gasteiger partial charge is 0.261 e. The highest BCUT2D eigenvalue weighted by Gasteiger charge is 2.22. The van der Waals surface area contributed by atoms with Crippen molar-refractivity contribution >= 4 is 49.1 Å². The molecule has 32 heavy (non-hydrogen) atoms. The van der Waals surface area contributed by atoms with Crippen molar-refractivity contribution < 1.29 is 21.6 Å². The molecule has 0 atom stereocenters. The summed E-state index contributed by atoms with van der Waals surface area (Å²) in [6, 6.07) is 10.1. The molecule has 0 bridgehead atoms. The Kier molecular flexibility index (Phi) is 8.74. The Morgan fingerprint density at radius 2 is 1.53 bits per heavy atom. The number of hydrogen-bond donors (Lipinski definition) is 2. The molecular weight excluding hydrogens is 470 g/mol. The quantitative estimate of drug-likeness (QED) is 0.481. The second-order valence-electron chi connectivity index (χ2n) is 7.23. The van der Waals surface area contributed by atoms with Gasteiger partial charge in [-0.1, -0.05) is 27.7 Å². The minimum Gasteiger partial charge on any atom is -0.325 e. The molecule has 11 heteroatoms. The fraction of sp³-hybridized carbons (Fsp3) is 0.381. The number of carbonyl (C=O) groups excluding carboxylic acids is 1. The van der Waals surface area contributed by atoms with E-state index in [4.69, 9.17) is 0 Å². The van der Waals surface area contributed by atoms with Crippen LogP contribution in [-0.4, -0.2) is 46.4 Å². The van der Waals surface area contributed by atoms with Crippen LogP contribution in [0.15, 0.2) is 57.2 Å². The van der Waals surface area contributed by atoms with Crippen LogP contribution in [0.1, 0.15) is 27.7 Å². The molecule has 0 radical (unpaired) electrons. The predicted octanol–water partition coefficient (Wildman–Crippen LogP) is 3.83. The first-order chi connectivity index (χ1) is 15.0. The van der Waals surface area contributed by atoms with Crippen molar-refractivity contribution in [1.29, 1.82) is 0 Å². The van der Waals surface area contributed by atoms with E-state index in [-0.39, 0.29) is 27.3 Å². The van der Waals surface area contributed by atoms with Crippen LogP contribution >= 0.6 is 11.8 Å². The molecule has 0 heterocycles. The van der Waals surface area contributed by atoms with Gasteiger partial charge in [0.2, 0.25) is 15.9 Å². The van der Waals surface area contributed by atoms with E-state index in [1.807, 2.05) is 6.26 Å². The van der Waals surface area contributed by atoms with E-state index in [1.165, 1.54) is 52.5 Å². The molecule has 0 saturated carbocycles. The van der Waals surface area contributed by atoms with E-state index < -0.39 is 20.0 Å². The number of nitrogens with zero attached hydrogens (tertiary/aromatic N) is 1. The van der Waals surface area contributed by atoms with Crippen molar-refractivity contribution in [2.75, 3.05) is 29.4 Å². The van der Waals surface area contributed by atoms with E-state index in [0.29, 0.717) is 18.8 Å². The third kappa shape index (κ3) is 6.03. The SMILES string of the molecule is CCN(CC)S(=O)(=O)c1ccc(NS(=O)(=O)c2ccc(SC)c(NC(=O)C(C)C)c2)cc1. The number of thioether (sulfide) groups is 1. The average molecular weight is 500 g/mol. The molecule has 176 valence electrons. The molecule has 0 aliphatic rings. The van der Waals surface area contributed by atoms with Crippen LogP contribution in [-0.2, 0) is 24.8 Å². The van der Waals surface area contributed by atoms with E-state index in [1.54, 1.807) is 33.8 Å². The zero-order valence-corrected chi connectivity index (χ0v) is 21.2. The lowest BCUT2D eigenvalue weighted by atomic mass is 10.2. The number of carbonyl (C=O) groups is 1. The fourth-order valence-electron chi connectivity index (χ4n) is 2.85. The number of sulfonamides is 2. The monoisotopic (exact) mass is 499 g/mol. The fourth-order valence-corrected chi connectivity index (χ4v) is 5.93. The van der Waals surface area contributed by atoms with Gasteiger partial charge in [-0.3, -0.25) is 9.52 Å². The van der Waals surface area contributed by atoms with E-state index in [2.05, 4.69) is 10.0 Å². The Balaban J connectivity index is 2.31. The van der Waals surface area contributed by atoms with Gasteiger partial charge in [-0.25, -0.2) is 16.8 Å². The lowest BCUT2D eigenvalue weighted by Crippen LogP contribution is -2.30. The second-order valence-corrected chi connectivity index (χ2v) is 11.7. The largest absolute Gasteiger partial charge is 0.325 e. The highest BCUT2D eigenvalue weighted by atomic mass is 32.2. The molecular formula is C21H29N3O5S3. The maximum Gasteiger partial charge on any atom is 0.261 e. The average Bonchev–Trinajstić information content (AvgIpc) is 2.74. The predicted molar refractivity (Wildman–Crippen MR) is 129 cm³/mol. The molecule has 8 nitrogen and oxygen atoms in total. The summed E-state index contributed by atoms with van der Waals surface area (Å²) in [5, 5.41) is 2.76. The molecule has 0 aliphatic carbocycles. The first-order valence-corrected chi connectivity index (χ1v) is 14.2. The van der Waals surface area contributed by atoms with Gasteiger partial charge in [-0.15, -0.1) is 11.8 Å². The van der Waals surface area contributed by atoms with Crippen molar-refractivity contribution in [1.82, 2.24) is 4.31 Å². The summed E-state index contributed by atoms with van der Waals surface area (Å²) in [6.07, 6.45) is 1.83. The maximum atomic E-state index is 12.9. The van der Waals surface area contributed by atoms with Gasteiger partial charge in [0.1, 0.15) is 0 Å².